The Morgan fingerprint density at radius 3 is 2.32 bits per heavy atom. The largest absolute Gasteiger partial charge is 0.414 e. The van der Waals surface area contributed by atoms with E-state index >= 15 is 0 Å². The van der Waals surface area contributed by atoms with E-state index in [1.165, 1.54) is 18.2 Å². The fourth-order valence-electron chi connectivity index (χ4n) is 1.60. The van der Waals surface area contributed by atoms with Crippen molar-refractivity contribution in [2.24, 2.45) is 0 Å². The maximum absolute atomic E-state index is 13.4. The molecular weight excluding hydrogens is 323 g/mol. The standard InChI is InChI=1S/C15H25FO4SSi/c1-15(2,3)22(5,6)19-11-14(20-21(4,17)18)12-8-7-9-13(16)10-12/h7-10,14H,11H2,1-6H3/t14-/m0/s1. The normalized spacial score (nSPS) is 14.9. The second-order valence-corrected chi connectivity index (χ2v) is 13.3. The molecule has 1 aromatic rings. The highest BCUT2D eigenvalue weighted by atomic mass is 32.2. The molecule has 22 heavy (non-hydrogen) atoms. The number of hydrogen-bond donors (Lipinski definition) is 0. The monoisotopic (exact) mass is 348 g/mol. The van der Waals surface area contributed by atoms with Crippen LogP contribution in [0.15, 0.2) is 24.3 Å². The van der Waals surface area contributed by atoms with Crippen molar-refractivity contribution in [2.45, 2.75) is 45.0 Å². The van der Waals surface area contributed by atoms with E-state index in [0.717, 1.165) is 6.26 Å². The lowest BCUT2D eigenvalue weighted by Crippen LogP contribution is -2.42. The fraction of sp³-hybridized carbons (Fsp3) is 0.600. The van der Waals surface area contributed by atoms with Crippen LogP contribution in [0.25, 0.3) is 0 Å². The number of rotatable bonds is 6. The van der Waals surface area contributed by atoms with Crippen LogP contribution in [0.5, 0.6) is 0 Å². The molecule has 0 heterocycles. The Morgan fingerprint density at radius 2 is 1.86 bits per heavy atom. The summed E-state index contributed by atoms with van der Waals surface area (Å²) in [5.74, 6) is -0.438. The summed E-state index contributed by atoms with van der Waals surface area (Å²) in [7, 11) is -5.73. The van der Waals surface area contributed by atoms with Crippen LogP contribution < -0.4 is 0 Å². The van der Waals surface area contributed by atoms with E-state index in [4.69, 9.17) is 8.61 Å². The first-order valence-corrected chi connectivity index (χ1v) is 11.8. The predicted octanol–water partition coefficient (Wildman–Crippen LogP) is 3.86. The predicted molar refractivity (Wildman–Crippen MR) is 88.2 cm³/mol. The molecule has 1 atom stereocenters. The van der Waals surface area contributed by atoms with Crippen molar-refractivity contribution in [1.29, 1.82) is 0 Å². The minimum Gasteiger partial charge on any atom is -0.414 e. The molecule has 0 aliphatic carbocycles. The van der Waals surface area contributed by atoms with Crippen LogP contribution in [-0.2, 0) is 18.7 Å². The molecule has 0 spiro atoms. The highest BCUT2D eigenvalue weighted by Gasteiger charge is 2.38. The number of halogens is 1. The zero-order valence-corrected chi connectivity index (χ0v) is 15.8. The van der Waals surface area contributed by atoms with Gasteiger partial charge in [0.1, 0.15) is 11.9 Å². The van der Waals surface area contributed by atoms with Crippen LogP contribution in [0.3, 0.4) is 0 Å². The molecule has 0 unspecified atom stereocenters. The molecule has 0 radical (unpaired) electrons. The van der Waals surface area contributed by atoms with Gasteiger partial charge in [0.25, 0.3) is 10.1 Å². The zero-order chi connectivity index (χ0) is 17.2. The van der Waals surface area contributed by atoms with Crippen LogP contribution in [0, 0.1) is 5.82 Å². The van der Waals surface area contributed by atoms with Crippen molar-refractivity contribution in [3.8, 4) is 0 Å². The van der Waals surface area contributed by atoms with E-state index in [-0.39, 0.29) is 11.6 Å². The summed E-state index contributed by atoms with van der Waals surface area (Å²) in [5.41, 5.74) is 0.448. The van der Waals surface area contributed by atoms with Crippen LogP contribution in [-0.4, -0.2) is 29.6 Å². The van der Waals surface area contributed by atoms with Crippen LogP contribution >= 0.6 is 0 Å². The fourth-order valence-corrected chi connectivity index (χ4v) is 3.19. The topological polar surface area (TPSA) is 52.6 Å². The lowest BCUT2D eigenvalue weighted by molar-refractivity contribution is 0.127. The molecule has 0 aliphatic heterocycles. The smallest absolute Gasteiger partial charge is 0.265 e. The first-order valence-electron chi connectivity index (χ1n) is 7.09. The lowest BCUT2D eigenvalue weighted by atomic mass is 10.1. The van der Waals surface area contributed by atoms with Crippen molar-refractivity contribution in [3.05, 3.63) is 35.6 Å². The summed E-state index contributed by atoms with van der Waals surface area (Å²) >= 11 is 0. The molecule has 1 aromatic carbocycles. The summed E-state index contributed by atoms with van der Waals surface area (Å²) in [6, 6.07) is 5.73. The van der Waals surface area contributed by atoms with E-state index in [1.807, 2.05) is 0 Å². The van der Waals surface area contributed by atoms with E-state index in [1.54, 1.807) is 6.07 Å². The Morgan fingerprint density at radius 1 is 1.27 bits per heavy atom. The summed E-state index contributed by atoms with van der Waals surface area (Å²) in [6.07, 6.45) is 0.130. The van der Waals surface area contributed by atoms with Crippen LogP contribution in [0.1, 0.15) is 32.4 Å². The molecule has 126 valence electrons. The van der Waals surface area contributed by atoms with Crippen molar-refractivity contribution < 1.29 is 21.4 Å². The lowest BCUT2D eigenvalue weighted by Gasteiger charge is -2.37. The van der Waals surface area contributed by atoms with Crippen molar-refractivity contribution in [2.75, 3.05) is 12.9 Å². The molecule has 0 aromatic heterocycles. The van der Waals surface area contributed by atoms with E-state index in [9.17, 15) is 12.8 Å². The van der Waals surface area contributed by atoms with Crippen molar-refractivity contribution >= 4 is 18.4 Å². The van der Waals surface area contributed by atoms with Gasteiger partial charge in [0.05, 0.1) is 12.9 Å². The Bertz CT molecular complexity index is 608. The third kappa shape index (κ3) is 5.79. The summed E-state index contributed by atoms with van der Waals surface area (Å²) in [4.78, 5) is 0. The number of hydrogen-bond acceptors (Lipinski definition) is 4. The Hall–Kier alpha value is -0.763. The Balaban J connectivity index is 2.98. The molecule has 0 saturated carbocycles. The summed E-state index contributed by atoms with van der Waals surface area (Å²) in [6.45, 7) is 10.5. The quantitative estimate of drug-likeness (QED) is 0.578. The van der Waals surface area contributed by atoms with Gasteiger partial charge in [0.2, 0.25) is 0 Å². The Labute approximate surface area is 133 Å². The minimum atomic E-state index is -3.67. The molecule has 0 aliphatic rings. The van der Waals surface area contributed by atoms with E-state index < -0.39 is 30.4 Å². The van der Waals surface area contributed by atoms with E-state index in [2.05, 4.69) is 33.9 Å². The third-order valence-electron chi connectivity index (χ3n) is 3.91. The van der Waals surface area contributed by atoms with Gasteiger partial charge in [-0.3, -0.25) is 4.18 Å². The van der Waals surface area contributed by atoms with Gasteiger partial charge in [-0.15, -0.1) is 0 Å². The molecule has 0 N–H and O–H groups in total. The highest BCUT2D eigenvalue weighted by Crippen LogP contribution is 2.37. The second kappa shape index (κ2) is 6.78. The third-order valence-corrected chi connectivity index (χ3v) is 9.00. The maximum Gasteiger partial charge on any atom is 0.265 e. The van der Waals surface area contributed by atoms with Crippen LogP contribution in [0.4, 0.5) is 4.39 Å². The average molecular weight is 349 g/mol. The SMILES string of the molecule is CC(C)(C)[Si](C)(C)OC[C@H](OS(C)(=O)=O)c1cccc(F)c1. The molecule has 0 fully saturated rings. The molecule has 0 bridgehead atoms. The average Bonchev–Trinajstić information content (AvgIpc) is 2.31. The summed E-state index contributed by atoms with van der Waals surface area (Å²) in [5, 5.41) is -0.00935. The van der Waals surface area contributed by atoms with Gasteiger partial charge in [-0.2, -0.15) is 8.42 Å². The maximum atomic E-state index is 13.4. The minimum absolute atomic E-state index is 0.00935. The first-order chi connectivity index (χ1) is 9.82. The van der Waals surface area contributed by atoms with Gasteiger partial charge in [0, 0.05) is 0 Å². The van der Waals surface area contributed by atoms with Gasteiger partial charge < -0.3 is 4.43 Å². The second-order valence-electron chi connectivity index (χ2n) is 6.92. The van der Waals surface area contributed by atoms with Gasteiger partial charge in [-0.05, 0) is 35.8 Å². The zero-order valence-electron chi connectivity index (χ0n) is 14.0. The van der Waals surface area contributed by atoms with Crippen molar-refractivity contribution in [1.82, 2.24) is 0 Å². The molecule has 1 rings (SSSR count). The molecule has 0 saturated heterocycles. The molecule has 4 nitrogen and oxygen atoms in total. The highest BCUT2D eigenvalue weighted by molar-refractivity contribution is 7.86. The number of benzene rings is 1. The molecular formula is C15H25FO4SSi. The van der Waals surface area contributed by atoms with Crippen molar-refractivity contribution in [3.63, 3.8) is 0 Å². The Kier molecular flexibility index (Phi) is 5.94. The van der Waals surface area contributed by atoms with Crippen LogP contribution in [0.2, 0.25) is 18.1 Å². The summed E-state index contributed by atoms with van der Waals surface area (Å²) < 4.78 is 47.4. The van der Waals surface area contributed by atoms with Gasteiger partial charge >= 0.3 is 0 Å². The van der Waals surface area contributed by atoms with E-state index in [0.29, 0.717) is 5.56 Å². The van der Waals surface area contributed by atoms with Gasteiger partial charge in [0.15, 0.2) is 8.32 Å². The van der Waals surface area contributed by atoms with Gasteiger partial charge in [-0.25, -0.2) is 4.39 Å². The molecule has 0 amide bonds. The van der Waals surface area contributed by atoms with Gasteiger partial charge in [-0.1, -0.05) is 32.9 Å². The first kappa shape index (κ1) is 19.3. The molecule has 7 heteroatoms.